The number of aldehydes is 1. The van der Waals surface area contributed by atoms with Crippen LogP contribution in [0.15, 0.2) is 12.4 Å². The van der Waals surface area contributed by atoms with Gasteiger partial charge in [-0.2, -0.15) is 0 Å². The Labute approximate surface area is 106 Å². The van der Waals surface area contributed by atoms with Gasteiger partial charge >= 0.3 is 6.09 Å². The molecule has 0 radical (unpaired) electrons. The quantitative estimate of drug-likeness (QED) is 0.827. The predicted molar refractivity (Wildman–Crippen MR) is 66.3 cm³/mol. The number of hydrogen-bond donors (Lipinski definition) is 1. The number of aromatic nitrogens is 2. The second-order valence-electron chi connectivity index (χ2n) is 4.75. The van der Waals surface area contributed by atoms with Crippen LogP contribution >= 0.6 is 0 Å². The van der Waals surface area contributed by atoms with Crippen LogP contribution in [0.1, 0.15) is 32.8 Å². The van der Waals surface area contributed by atoms with E-state index >= 15 is 0 Å². The molecule has 1 aromatic rings. The van der Waals surface area contributed by atoms with E-state index in [1.807, 2.05) is 0 Å². The molecule has 1 amide bonds. The van der Waals surface area contributed by atoms with E-state index in [0.29, 0.717) is 12.8 Å². The van der Waals surface area contributed by atoms with Gasteiger partial charge in [0.25, 0.3) is 0 Å². The standard InChI is InChI=1S/C12H17N3O3/c1-12(2,3)18-11(17)15-10-13-7-9(8-14-10)5-4-6-16/h6-8H,4-5H2,1-3H3,(H,13,14,15,17). The Morgan fingerprint density at radius 2 is 2.00 bits per heavy atom. The molecule has 0 saturated carbocycles. The average Bonchev–Trinajstić information content (AvgIpc) is 2.25. The van der Waals surface area contributed by atoms with Gasteiger partial charge in [0.1, 0.15) is 11.9 Å². The van der Waals surface area contributed by atoms with Crippen molar-refractivity contribution in [2.24, 2.45) is 0 Å². The van der Waals surface area contributed by atoms with Gasteiger partial charge in [0.2, 0.25) is 5.95 Å². The van der Waals surface area contributed by atoms with Gasteiger partial charge in [-0.15, -0.1) is 0 Å². The van der Waals surface area contributed by atoms with Crippen LogP contribution in [0.25, 0.3) is 0 Å². The van der Waals surface area contributed by atoms with E-state index in [1.54, 1.807) is 33.2 Å². The summed E-state index contributed by atoms with van der Waals surface area (Å²) in [5, 5.41) is 2.43. The van der Waals surface area contributed by atoms with Crippen molar-refractivity contribution >= 4 is 18.3 Å². The zero-order valence-corrected chi connectivity index (χ0v) is 10.8. The summed E-state index contributed by atoms with van der Waals surface area (Å²) in [7, 11) is 0. The van der Waals surface area contributed by atoms with Crippen molar-refractivity contribution in [3.05, 3.63) is 18.0 Å². The van der Waals surface area contributed by atoms with Crippen molar-refractivity contribution in [2.75, 3.05) is 5.32 Å². The van der Waals surface area contributed by atoms with Crippen LogP contribution in [0, 0.1) is 0 Å². The summed E-state index contributed by atoms with van der Waals surface area (Å²) < 4.78 is 5.06. The molecule has 0 aliphatic heterocycles. The number of rotatable bonds is 4. The van der Waals surface area contributed by atoms with Crippen LogP contribution < -0.4 is 5.32 Å². The molecule has 0 atom stereocenters. The minimum absolute atomic E-state index is 0.180. The van der Waals surface area contributed by atoms with E-state index in [0.717, 1.165) is 11.8 Å². The van der Waals surface area contributed by atoms with Crippen molar-refractivity contribution in [3.8, 4) is 0 Å². The summed E-state index contributed by atoms with van der Waals surface area (Å²) in [6.07, 6.45) is 4.42. The number of amides is 1. The normalized spacial score (nSPS) is 10.8. The fourth-order valence-corrected chi connectivity index (χ4v) is 1.17. The van der Waals surface area contributed by atoms with Crippen LogP contribution in [0.4, 0.5) is 10.7 Å². The first-order valence-corrected chi connectivity index (χ1v) is 5.65. The minimum Gasteiger partial charge on any atom is -0.444 e. The maximum Gasteiger partial charge on any atom is 0.414 e. The van der Waals surface area contributed by atoms with Crippen LogP contribution in [0.5, 0.6) is 0 Å². The summed E-state index contributed by atoms with van der Waals surface area (Å²) in [4.78, 5) is 29.6. The number of aryl methyl sites for hydroxylation is 1. The van der Waals surface area contributed by atoms with E-state index in [4.69, 9.17) is 4.74 Å². The lowest BCUT2D eigenvalue weighted by Gasteiger charge is -2.19. The van der Waals surface area contributed by atoms with Crippen molar-refractivity contribution in [3.63, 3.8) is 0 Å². The van der Waals surface area contributed by atoms with Gasteiger partial charge in [0.05, 0.1) is 0 Å². The smallest absolute Gasteiger partial charge is 0.414 e. The molecule has 0 aliphatic rings. The first-order chi connectivity index (χ1) is 8.40. The van der Waals surface area contributed by atoms with E-state index in [1.165, 1.54) is 0 Å². The third-order valence-electron chi connectivity index (χ3n) is 1.87. The summed E-state index contributed by atoms with van der Waals surface area (Å²) in [6.45, 7) is 5.32. The topological polar surface area (TPSA) is 81.2 Å². The molecule has 6 nitrogen and oxygen atoms in total. The van der Waals surface area contributed by atoms with Crippen molar-refractivity contribution in [1.29, 1.82) is 0 Å². The molecule has 0 saturated heterocycles. The first-order valence-electron chi connectivity index (χ1n) is 5.65. The first kappa shape index (κ1) is 14.1. The van der Waals surface area contributed by atoms with Crippen molar-refractivity contribution in [1.82, 2.24) is 9.97 Å². The van der Waals surface area contributed by atoms with E-state index in [9.17, 15) is 9.59 Å². The van der Waals surface area contributed by atoms with Crippen LogP contribution in [-0.4, -0.2) is 27.9 Å². The number of hydrogen-bond acceptors (Lipinski definition) is 5. The van der Waals surface area contributed by atoms with Gasteiger partial charge in [-0.1, -0.05) is 0 Å². The highest BCUT2D eigenvalue weighted by atomic mass is 16.6. The zero-order chi connectivity index (χ0) is 13.6. The highest BCUT2D eigenvalue weighted by Crippen LogP contribution is 2.09. The second kappa shape index (κ2) is 6.09. The van der Waals surface area contributed by atoms with Gasteiger partial charge < -0.3 is 9.53 Å². The lowest BCUT2D eigenvalue weighted by molar-refractivity contribution is -0.107. The van der Waals surface area contributed by atoms with E-state index in [-0.39, 0.29) is 5.95 Å². The second-order valence-corrected chi connectivity index (χ2v) is 4.75. The number of anilines is 1. The molecule has 1 rings (SSSR count). The highest BCUT2D eigenvalue weighted by molar-refractivity contribution is 5.82. The fraction of sp³-hybridized carbons (Fsp3) is 0.500. The molecule has 1 N–H and O–H groups in total. The largest absolute Gasteiger partial charge is 0.444 e. The fourth-order valence-electron chi connectivity index (χ4n) is 1.17. The Morgan fingerprint density at radius 1 is 1.39 bits per heavy atom. The van der Waals surface area contributed by atoms with Crippen molar-refractivity contribution in [2.45, 2.75) is 39.2 Å². The van der Waals surface area contributed by atoms with Gasteiger partial charge in [-0.25, -0.2) is 14.8 Å². The average molecular weight is 251 g/mol. The lowest BCUT2D eigenvalue weighted by Crippen LogP contribution is -2.27. The summed E-state index contributed by atoms with van der Waals surface area (Å²) in [5.74, 6) is 0.180. The number of nitrogens with zero attached hydrogens (tertiary/aromatic N) is 2. The van der Waals surface area contributed by atoms with Crippen LogP contribution in [0.2, 0.25) is 0 Å². The number of ether oxygens (including phenoxy) is 1. The van der Waals surface area contributed by atoms with Crippen LogP contribution in [0.3, 0.4) is 0 Å². The number of nitrogens with one attached hydrogen (secondary N) is 1. The molecule has 1 heterocycles. The Balaban J connectivity index is 2.53. The maximum atomic E-state index is 11.4. The van der Waals surface area contributed by atoms with Crippen LogP contribution in [-0.2, 0) is 16.0 Å². The van der Waals surface area contributed by atoms with Crippen molar-refractivity contribution < 1.29 is 14.3 Å². The third kappa shape index (κ3) is 5.38. The molecule has 0 unspecified atom stereocenters. The molecule has 6 heteroatoms. The molecule has 18 heavy (non-hydrogen) atoms. The summed E-state index contributed by atoms with van der Waals surface area (Å²) in [5.41, 5.74) is 0.283. The molecule has 0 aromatic carbocycles. The van der Waals surface area contributed by atoms with Gasteiger partial charge in [-0.05, 0) is 32.8 Å². The Kier molecular flexibility index (Phi) is 4.76. The minimum atomic E-state index is -0.594. The lowest BCUT2D eigenvalue weighted by atomic mass is 10.2. The maximum absolute atomic E-state index is 11.4. The summed E-state index contributed by atoms with van der Waals surface area (Å²) >= 11 is 0. The highest BCUT2D eigenvalue weighted by Gasteiger charge is 2.16. The Hall–Kier alpha value is -1.98. The monoisotopic (exact) mass is 251 g/mol. The molecule has 0 bridgehead atoms. The number of carbonyl (C=O) groups is 2. The predicted octanol–water partition coefficient (Wildman–Crippen LogP) is 1.96. The van der Waals surface area contributed by atoms with Gasteiger partial charge in [-0.3, -0.25) is 5.32 Å². The summed E-state index contributed by atoms with van der Waals surface area (Å²) in [6, 6.07) is 0. The molecule has 0 fully saturated rings. The molecule has 98 valence electrons. The molecule has 0 aliphatic carbocycles. The van der Waals surface area contributed by atoms with Gasteiger partial charge in [0, 0.05) is 18.8 Å². The van der Waals surface area contributed by atoms with Gasteiger partial charge in [0.15, 0.2) is 0 Å². The van der Waals surface area contributed by atoms with E-state index in [2.05, 4.69) is 15.3 Å². The molecule has 0 spiro atoms. The SMILES string of the molecule is CC(C)(C)OC(=O)Nc1ncc(CCC=O)cn1. The zero-order valence-electron chi connectivity index (χ0n) is 10.8. The molecule has 1 aromatic heterocycles. The number of carbonyl (C=O) groups excluding carboxylic acids is 2. The Bertz CT molecular complexity index is 410. The van der Waals surface area contributed by atoms with E-state index < -0.39 is 11.7 Å². The Morgan fingerprint density at radius 3 is 2.50 bits per heavy atom. The third-order valence-corrected chi connectivity index (χ3v) is 1.87. The molecular weight excluding hydrogens is 234 g/mol. The molecular formula is C12H17N3O3.